The first-order chi connectivity index (χ1) is 15.2. The van der Waals surface area contributed by atoms with Gasteiger partial charge in [-0.05, 0) is 30.0 Å². The van der Waals surface area contributed by atoms with Gasteiger partial charge in [0, 0.05) is 5.57 Å². The quantitative estimate of drug-likeness (QED) is 0.204. The van der Waals surface area contributed by atoms with Gasteiger partial charge in [-0.3, -0.25) is 14.6 Å². The fourth-order valence-corrected chi connectivity index (χ4v) is 3.57. The topological polar surface area (TPSA) is 120 Å². The van der Waals surface area contributed by atoms with Crippen molar-refractivity contribution in [2.24, 2.45) is 11.7 Å². The van der Waals surface area contributed by atoms with Crippen LogP contribution in [0.25, 0.3) is 5.69 Å². The van der Waals surface area contributed by atoms with Crippen LogP contribution in [-0.2, 0) is 4.79 Å². The van der Waals surface area contributed by atoms with Crippen molar-refractivity contribution in [2.45, 2.75) is 33.5 Å². The van der Waals surface area contributed by atoms with Gasteiger partial charge in [0.25, 0.3) is 5.56 Å². The van der Waals surface area contributed by atoms with Gasteiger partial charge >= 0.3 is 5.69 Å². The first kappa shape index (κ1) is 26.2. The molecule has 0 aliphatic carbocycles. The number of nitrogens with zero attached hydrogens (tertiary/aromatic N) is 2. The van der Waals surface area contributed by atoms with E-state index in [-0.39, 0.29) is 38.9 Å². The summed E-state index contributed by atoms with van der Waals surface area (Å²) < 4.78 is 6.56. The van der Waals surface area contributed by atoms with Crippen LogP contribution in [0.3, 0.4) is 0 Å². The molecule has 1 aromatic carbocycles. The molecular weight excluding hydrogens is 483 g/mol. The number of hydrogen-bond acceptors (Lipinski definition) is 5. The zero-order valence-electron chi connectivity index (χ0n) is 18.9. The van der Waals surface area contributed by atoms with Gasteiger partial charge in [-0.15, -0.1) is 10.6 Å². The number of aromatic amines is 1. The van der Waals surface area contributed by atoms with Crippen molar-refractivity contribution in [1.82, 2.24) is 14.8 Å². The second-order valence-electron chi connectivity index (χ2n) is 8.45. The normalized spacial score (nSPS) is 11.7. The Morgan fingerprint density at radius 2 is 1.85 bits per heavy atom. The van der Waals surface area contributed by atoms with Crippen molar-refractivity contribution >= 4 is 37.2 Å². The van der Waals surface area contributed by atoms with Crippen LogP contribution < -0.4 is 21.7 Å². The summed E-state index contributed by atoms with van der Waals surface area (Å²) in [7, 11) is -1.78. The molecule has 174 valence electrons. The average Bonchev–Trinajstić information content (AvgIpc) is 2.66. The molecular formula is C22H24Cl2N4O4Si. The molecule has 3 N–H and O–H groups in total. The van der Waals surface area contributed by atoms with E-state index in [0.29, 0.717) is 5.57 Å². The third-order valence-electron chi connectivity index (χ3n) is 4.07. The maximum atomic E-state index is 12.4. The molecule has 0 radical (unpaired) electrons. The number of ether oxygens (including phenoxy) is 1. The molecule has 0 saturated carbocycles. The van der Waals surface area contributed by atoms with Crippen LogP contribution in [0, 0.1) is 17.4 Å². The molecule has 11 heteroatoms. The molecule has 33 heavy (non-hydrogen) atoms. The molecule has 0 bridgehead atoms. The van der Waals surface area contributed by atoms with E-state index in [4.69, 9.17) is 33.7 Å². The van der Waals surface area contributed by atoms with Crippen LogP contribution in [0.5, 0.6) is 5.75 Å². The van der Waals surface area contributed by atoms with Crippen LogP contribution >= 0.6 is 23.2 Å². The molecule has 0 unspecified atom stereocenters. The molecule has 1 amide bonds. The predicted molar refractivity (Wildman–Crippen MR) is 133 cm³/mol. The standard InChI is InChI=1S/C22H24Cl2N4O4Si/c1-12(2)15(20(25)29)9-13(3)32-19-16(23)10-14(11-17(19)24)28-22(31)26-21(30)18(27-28)7-8-33(4,5)6/h9-12H,3H2,1-2,4-6H3,(H2,25,29)(H,26,30,31)/b15-9-. The van der Waals surface area contributed by atoms with E-state index in [1.165, 1.54) is 18.2 Å². The van der Waals surface area contributed by atoms with Gasteiger partial charge in [-0.25, -0.2) is 4.79 Å². The van der Waals surface area contributed by atoms with Gasteiger partial charge in [-0.1, -0.05) is 63.3 Å². The highest BCUT2D eigenvalue weighted by Crippen LogP contribution is 2.36. The lowest BCUT2D eigenvalue weighted by molar-refractivity contribution is -0.115. The van der Waals surface area contributed by atoms with Crippen molar-refractivity contribution in [2.75, 3.05) is 0 Å². The second kappa shape index (κ2) is 10.3. The number of nitrogens with one attached hydrogen (secondary N) is 1. The zero-order chi connectivity index (χ0) is 25.1. The highest BCUT2D eigenvalue weighted by molar-refractivity contribution is 6.83. The molecule has 0 fully saturated rings. The third kappa shape index (κ3) is 6.96. The van der Waals surface area contributed by atoms with Crippen molar-refractivity contribution in [3.05, 3.63) is 72.7 Å². The Morgan fingerprint density at radius 1 is 1.27 bits per heavy atom. The lowest BCUT2D eigenvalue weighted by Gasteiger charge is -2.13. The van der Waals surface area contributed by atoms with Crippen LogP contribution in [0.1, 0.15) is 19.5 Å². The Kier molecular flexibility index (Phi) is 8.14. The van der Waals surface area contributed by atoms with Gasteiger partial charge in [0.05, 0.1) is 15.7 Å². The Bertz CT molecular complexity index is 1300. The number of carbonyl (C=O) groups excluding carboxylic acids is 1. The van der Waals surface area contributed by atoms with Crippen molar-refractivity contribution < 1.29 is 9.53 Å². The van der Waals surface area contributed by atoms with E-state index < -0.39 is 25.2 Å². The molecule has 1 heterocycles. The summed E-state index contributed by atoms with van der Waals surface area (Å²) in [4.78, 5) is 38.2. The molecule has 0 aliphatic heterocycles. The third-order valence-corrected chi connectivity index (χ3v) is 5.50. The molecule has 1 aromatic heterocycles. The Labute approximate surface area is 202 Å². The molecule has 2 rings (SSSR count). The van der Waals surface area contributed by atoms with Crippen molar-refractivity contribution in [3.8, 4) is 22.9 Å². The number of aromatic nitrogens is 3. The number of rotatable bonds is 6. The van der Waals surface area contributed by atoms with E-state index >= 15 is 0 Å². The molecule has 2 aromatic rings. The Balaban J connectivity index is 2.49. The number of H-pyrrole nitrogens is 1. The molecule has 0 spiro atoms. The summed E-state index contributed by atoms with van der Waals surface area (Å²) in [5.41, 5.74) is 7.35. The number of benzene rings is 1. The van der Waals surface area contributed by atoms with Gasteiger partial charge in [0.15, 0.2) is 11.4 Å². The fraction of sp³-hybridized carbons (Fsp3) is 0.273. The number of allylic oxidation sites excluding steroid dienone is 1. The average molecular weight is 507 g/mol. The Morgan fingerprint density at radius 3 is 2.33 bits per heavy atom. The van der Waals surface area contributed by atoms with Gasteiger partial charge in [-0.2, -0.15) is 4.68 Å². The number of halogens is 2. The second-order valence-corrected chi connectivity index (χ2v) is 14.0. The van der Waals surface area contributed by atoms with Crippen molar-refractivity contribution in [3.63, 3.8) is 0 Å². The number of nitrogens with two attached hydrogens (primary N) is 1. The van der Waals surface area contributed by atoms with Crippen LogP contribution in [-0.4, -0.2) is 28.7 Å². The summed E-state index contributed by atoms with van der Waals surface area (Å²) in [6.45, 7) is 13.4. The van der Waals surface area contributed by atoms with E-state index in [2.05, 4.69) is 28.1 Å². The van der Waals surface area contributed by atoms with E-state index in [9.17, 15) is 14.4 Å². The predicted octanol–water partition coefficient (Wildman–Crippen LogP) is 3.42. The molecule has 0 atom stereocenters. The van der Waals surface area contributed by atoms with Gasteiger partial charge in [0.2, 0.25) is 5.91 Å². The number of carbonyl (C=O) groups is 1. The Hall–Kier alpha value is -3.06. The minimum atomic E-state index is -1.78. The number of primary amides is 1. The first-order valence-corrected chi connectivity index (χ1v) is 14.1. The minimum absolute atomic E-state index is 0.0480. The summed E-state index contributed by atoms with van der Waals surface area (Å²) in [6, 6.07) is 2.78. The summed E-state index contributed by atoms with van der Waals surface area (Å²) >= 11 is 12.7. The largest absolute Gasteiger partial charge is 0.455 e. The molecule has 0 aliphatic rings. The SMILES string of the molecule is C=C(/C=C(\C(N)=O)C(C)C)Oc1c(Cl)cc(-n2nc(C#C[Si](C)(C)C)c(=O)[nH]c2=O)cc1Cl. The smallest absolute Gasteiger partial charge is 0.349 e. The highest BCUT2D eigenvalue weighted by atomic mass is 35.5. The van der Waals surface area contributed by atoms with Crippen LogP contribution in [0.2, 0.25) is 29.7 Å². The monoisotopic (exact) mass is 506 g/mol. The van der Waals surface area contributed by atoms with E-state index in [1.54, 1.807) is 13.8 Å². The van der Waals surface area contributed by atoms with Gasteiger partial charge in [0.1, 0.15) is 13.8 Å². The minimum Gasteiger partial charge on any atom is -0.455 e. The summed E-state index contributed by atoms with van der Waals surface area (Å²) in [6.07, 6.45) is 1.41. The van der Waals surface area contributed by atoms with Crippen LogP contribution in [0.4, 0.5) is 0 Å². The zero-order valence-corrected chi connectivity index (χ0v) is 21.4. The summed E-state index contributed by atoms with van der Waals surface area (Å²) in [5.74, 6) is 2.16. The maximum Gasteiger partial charge on any atom is 0.349 e. The summed E-state index contributed by atoms with van der Waals surface area (Å²) in [5, 5.41) is 4.16. The van der Waals surface area contributed by atoms with Crippen molar-refractivity contribution in [1.29, 1.82) is 0 Å². The molecule has 8 nitrogen and oxygen atoms in total. The van der Waals surface area contributed by atoms with Crippen LogP contribution in [0.15, 0.2) is 45.7 Å². The van der Waals surface area contributed by atoms with Gasteiger partial charge < -0.3 is 10.5 Å². The lowest BCUT2D eigenvalue weighted by atomic mass is 10.0. The first-order valence-electron chi connectivity index (χ1n) is 9.84. The number of amides is 1. The van der Waals surface area contributed by atoms with E-state index in [1.807, 2.05) is 19.6 Å². The highest BCUT2D eigenvalue weighted by Gasteiger charge is 2.16. The molecule has 0 saturated heterocycles. The fourth-order valence-electron chi connectivity index (χ4n) is 2.53. The van der Waals surface area contributed by atoms with E-state index in [0.717, 1.165) is 4.68 Å². The lowest BCUT2D eigenvalue weighted by Crippen LogP contribution is -2.33. The maximum absolute atomic E-state index is 12.4. The number of hydrogen-bond donors (Lipinski definition) is 2.